The van der Waals surface area contributed by atoms with Crippen molar-refractivity contribution in [3.8, 4) is 0 Å². The molecule has 2 nitrogen and oxygen atoms in total. The first-order chi connectivity index (χ1) is 6.77. The quantitative estimate of drug-likeness (QED) is 0.607. The number of hydrogen-bond acceptors (Lipinski definition) is 4. The number of carbonyl (C=O) groups excluding carboxylic acids is 1. The van der Waals surface area contributed by atoms with Crippen molar-refractivity contribution in [2.24, 2.45) is 0 Å². The number of aliphatic hydroxyl groups is 1. The van der Waals surface area contributed by atoms with E-state index >= 15 is 0 Å². The third-order valence-electron chi connectivity index (χ3n) is 2.12. The number of benzene rings is 1. The van der Waals surface area contributed by atoms with Crippen LogP contribution in [0.4, 0.5) is 0 Å². The lowest BCUT2D eigenvalue weighted by atomic mass is 10.1. The van der Waals surface area contributed by atoms with Crippen LogP contribution >= 0.6 is 24.0 Å². The van der Waals surface area contributed by atoms with Crippen LogP contribution in [0.15, 0.2) is 22.4 Å². The van der Waals surface area contributed by atoms with Gasteiger partial charge in [0.05, 0.1) is 6.61 Å². The van der Waals surface area contributed by atoms with Crippen LogP contribution in [0.3, 0.4) is 0 Å². The minimum Gasteiger partial charge on any atom is -0.392 e. The Morgan fingerprint density at radius 3 is 2.93 bits per heavy atom. The first-order valence-corrected chi connectivity index (χ1v) is 5.38. The van der Waals surface area contributed by atoms with E-state index in [1.807, 2.05) is 5.38 Å². The molecule has 0 fully saturated rings. The monoisotopic (exact) mass is 224 g/mol. The van der Waals surface area contributed by atoms with Crippen molar-refractivity contribution in [1.82, 2.24) is 0 Å². The van der Waals surface area contributed by atoms with Crippen molar-refractivity contribution in [1.29, 1.82) is 0 Å². The van der Waals surface area contributed by atoms with Gasteiger partial charge in [-0.3, -0.25) is 4.79 Å². The molecule has 0 amide bonds. The molecular formula is C10H8O2S2. The second-order valence-electron chi connectivity index (χ2n) is 2.91. The zero-order chi connectivity index (χ0) is 10.1. The standard InChI is InChI=1S/C10H8O2S2/c11-3-6-1-2-7(4-12)10-9(6)8(13)5-14-10/h1-2,4-5,11,13H,3H2. The molecule has 1 aromatic carbocycles. The lowest BCUT2D eigenvalue weighted by molar-refractivity contribution is 0.112. The lowest BCUT2D eigenvalue weighted by Gasteiger charge is -2.01. The molecule has 0 saturated carbocycles. The van der Waals surface area contributed by atoms with Gasteiger partial charge in [0, 0.05) is 25.9 Å². The maximum atomic E-state index is 10.7. The number of rotatable bonds is 2. The summed E-state index contributed by atoms with van der Waals surface area (Å²) in [5.41, 5.74) is 1.47. The van der Waals surface area contributed by atoms with Gasteiger partial charge in [-0.25, -0.2) is 0 Å². The van der Waals surface area contributed by atoms with Gasteiger partial charge in [-0.15, -0.1) is 24.0 Å². The van der Waals surface area contributed by atoms with Gasteiger partial charge in [-0.2, -0.15) is 0 Å². The Balaban J connectivity index is 2.87. The normalized spacial score (nSPS) is 10.7. The van der Waals surface area contributed by atoms with E-state index in [2.05, 4.69) is 12.6 Å². The molecule has 2 rings (SSSR count). The Kier molecular flexibility index (Phi) is 2.58. The number of thiol groups is 1. The summed E-state index contributed by atoms with van der Waals surface area (Å²) < 4.78 is 0.900. The summed E-state index contributed by atoms with van der Waals surface area (Å²) in [6.45, 7) is -0.0278. The van der Waals surface area contributed by atoms with Gasteiger partial charge in [0.2, 0.25) is 0 Å². The predicted octanol–water partition coefficient (Wildman–Crippen LogP) is 2.49. The highest BCUT2D eigenvalue weighted by Gasteiger charge is 2.09. The maximum Gasteiger partial charge on any atom is 0.151 e. The van der Waals surface area contributed by atoms with Crippen LogP contribution in [0.1, 0.15) is 15.9 Å². The Morgan fingerprint density at radius 2 is 2.29 bits per heavy atom. The van der Waals surface area contributed by atoms with Crippen LogP contribution in [-0.2, 0) is 6.61 Å². The van der Waals surface area contributed by atoms with Crippen molar-refractivity contribution in [2.75, 3.05) is 0 Å². The fourth-order valence-electron chi connectivity index (χ4n) is 1.45. The molecule has 0 aliphatic heterocycles. The van der Waals surface area contributed by atoms with Gasteiger partial charge in [-0.05, 0) is 11.6 Å². The van der Waals surface area contributed by atoms with Crippen molar-refractivity contribution < 1.29 is 9.90 Å². The number of thiophene rings is 1. The fourth-order valence-corrected chi connectivity index (χ4v) is 2.89. The predicted molar refractivity (Wildman–Crippen MR) is 60.4 cm³/mol. The Morgan fingerprint density at radius 1 is 1.50 bits per heavy atom. The van der Waals surface area contributed by atoms with Gasteiger partial charge in [-0.1, -0.05) is 6.07 Å². The first-order valence-electron chi connectivity index (χ1n) is 4.06. The van der Waals surface area contributed by atoms with Crippen LogP contribution in [0.2, 0.25) is 0 Å². The highest BCUT2D eigenvalue weighted by atomic mass is 32.1. The summed E-state index contributed by atoms with van der Waals surface area (Å²) in [7, 11) is 0. The molecule has 2 aromatic rings. The zero-order valence-corrected chi connectivity index (χ0v) is 8.94. The highest BCUT2D eigenvalue weighted by molar-refractivity contribution is 7.80. The van der Waals surface area contributed by atoms with Crippen LogP contribution in [0, 0.1) is 0 Å². The molecular weight excluding hydrogens is 216 g/mol. The molecule has 0 bridgehead atoms. The van der Waals surface area contributed by atoms with Crippen molar-refractivity contribution in [3.05, 3.63) is 28.6 Å². The number of hydrogen-bond donors (Lipinski definition) is 2. The number of aldehydes is 1. The third kappa shape index (κ3) is 1.35. The maximum absolute atomic E-state index is 10.7. The topological polar surface area (TPSA) is 37.3 Å². The van der Waals surface area contributed by atoms with Gasteiger partial charge < -0.3 is 5.11 Å². The summed E-state index contributed by atoms with van der Waals surface area (Å²) in [6.07, 6.45) is 0.827. The van der Waals surface area contributed by atoms with E-state index in [4.69, 9.17) is 5.11 Å². The van der Waals surface area contributed by atoms with E-state index in [0.717, 1.165) is 26.8 Å². The number of aliphatic hydroxyl groups excluding tert-OH is 1. The van der Waals surface area contributed by atoms with Gasteiger partial charge in [0.25, 0.3) is 0 Å². The molecule has 0 aliphatic carbocycles. The van der Waals surface area contributed by atoms with E-state index in [-0.39, 0.29) is 6.61 Å². The molecule has 0 spiro atoms. The van der Waals surface area contributed by atoms with Crippen molar-refractivity contribution in [3.63, 3.8) is 0 Å². The Labute approximate surface area is 90.6 Å². The molecule has 0 radical (unpaired) electrons. The van der Waals surface area contributed by atoms with Gasteiger partial charge >= 0.3 is 0 Å². The SMILES string of the molecule is O=Cc1ccc(CO)c2c(S)csc12. The molecule has 1 N–H and O–H groups in total. The van der Waals surface area contributed by atoms with E-state index in [1.54, 1.807) is 12.1 Å². The van der Waals surface area contributed by atoms with E-state index < -0.39 is 0 Å². The minimum absolute atomic E-state index is 0.0278. The van der Waals surface area contributed by atoms with E-state index in [9.17, 15) is 4.79 Å². The first kappa shape index (κ1) is 9.71. The molecule has 4 heteroatoms. The summed E-state index contributed by atoms with van der Waals surface area (Å²) in [6, 6.07) is 3.49. The molecule has 1 aromatic heterocycles. The van der Waals surface area contributed by atoms with E-state index in [0.29, 0.717) is 5.56 Å². The average Bonchev–Trinajstić information content (AvgIpc) is 2.60. The smallest absolute Gasteiger partial charge is 0.151 e. The minimum atomic E-state index is -0.0278. The molecule has 1 heterocycles. The van der Waals surface area contributed by atoms with Crippen LogP contribution in [0.25, 0.3) is 10.1 Å². The molecule has 0 saturated heterocycles. The summed E-state index contributed by atoms with van der Waals surface area (Å²) >= 11 is 5.77. The third-order valence-corrected chi connectivity index (χ3v) is 3.67. The summed E-state index contributed by atoms with van der Waals surface area (Å²) in [5.74, 6) is 0. The van der Waals surface area contributed by atoms with Gasteiger partial charge in [0.1, 0.15) is 0 Å². The van der Waals surface area contributed by atoms with Crippen LogP contribution in [0.5, 0.6) is 0 Å². The van der Waals surface area contributed by atoms with E-state index in [1.165, 1.54) is 11.3 Å². The highest BCUT2D eigenvalue weighted by Crippen LogP contribution is 2.33. The molecule has 72 valence electrons. The second-order valence-corrected chi connectivity index (χ2v) is 4.28. The van der Waals surface area contributed by atoms with Crippen LogP contribution < -0.4 is 0 Å². The van der Waals surface area contributed by atoms with Gasteiger partial charge in [0.15, 0.2) is 6.29 Å². The zero-order valence-electron chi connectivity index (χ0n) is 7.23. The lowest BCUT2D eigenvalue weighted by Crippen LogP contribution is -1.87. The summed E-state index contributed by atoms with van der Waals surface area (Å²) in [5, 5.41) is 11.9. The number of carbonyl (C=O) groups is 1. The summed E-state index contributed by atoms with van der Waals surface area (Å²) in [4.78, 5) is 11.6. The molecule has 14 heavy (non-hydrogen) atoms. The average molecular weight is 224 g/mol. The second kappa shape index (κ2) is 3.73. The van der Waals surface area contributed by atoms with Crippen molar-refractivity contribution >= 4 is 40.3 Å². The molecule has 0 aliphatic rings. The fraction of sp³-hybridized carbons (Fsp3) is 0.100. The Hall–Kier alpha value is -0.840. The van der Waals surface area contributed by atoms with Crippen LogP contribution in [-0.4, -0.2) is 11.4 Å². The number of fused-ring (bicyclic) bond motifs is 1. The van der Waals surface area contributed by atoms with Crippen molar-refractivity contribution in [2.45, 2.75) is 11.5 Å². The molecule has 0 unspecified atom stereocenters. The molecule has 0 atom stereocenters. The largest absolute Gasteiger partial charge is 0.392 e. The Bertz CT molecular complexity index is 488.